The van der Waals surface area contributed by atoms with Gasteiger partial charge in [0.15, 0.2) is 0 Å². The number of amides is 1. The van der Waals surface area contributed by atoms with E-state index < -0.39 is 0 Å². The molecule has 106 valence electrons. The minimum atomic E-state index is -0.0863. The molecule has 4 heteroatoms. The lowest BCUT2D eigenvalue weighted by Gasteiger charge is -2.47. The number of morpholine rings is 1. The molecule has 2 aliphatic heterocycles. The highest BCUT2D eigenvalue weighted by atomic mass is 16.5. The highest BCUT2D eigenvalue weighted by Crippen LogP contribution is 2.34. The SMILES string of the molecule is C=CCN1CC2(CCN(CC3CC3)CC2)OCC1=O. The first-order valence-electron chi connectivity index (χ1n) is 7.46. The van der Waals surface area contributed by atoms with Crippen LogP contribution in [0.15, 0.2) is 12.7 Å². The van der Waals surface area contributed by atoms with Crippen LogP contribution < -0.4 is 0 Å². The third-order valence-electron chi connectivity index (χ3n) is 4.66. The van der Waals surface area contributed by atoms with Crippen LogP contribution in [0.4, 0.5) is 0 Å². The molecule has 3 rings (SSSR count). The molecule has 2 heterocycles. The lowest BCUT2D eigenvalue weighted by molar-refractivity contribution is -0.170. The fourth-order valence-corrected chi connectivity index (χ4v) is 3.22. The molecule has 0 aromatic carbocycles. The lowest BCUT2D eigenvalue weighted by Crippen LogP contribution is -2.58. The van der Waals surface area contributed by atoms with E-state index in [4.69, 9.17) is 4.74 Å². The van der Waals surface area contributed by atoms with Gasteiger partial charge in [0.25, 0.3) is 0 Å². The average Bonchev–Trinajstić information content (AvgIpc) is 3.22. The van der Waals surface area contributed by atoms with Crippen molar-refractivity contribution in [1.29, 1.82) is 0 Å². The number of piperidine rings is 1. The van der Waals surface area contributed by atoms with Gasteiger partial charge in [0.05, 0.1) is 12.1 Å². The van der Waals surface area contributed by atoms with Crippen molar-refractivity contribution >= 4 is 5.91 Å². The van der Waals surface area contributed by atoms with E-state index in [9.17, 15) is 4.79 Å². The minimum absolute atomic E-state index is 0.0863. The van der Waals surface area contributed by atoms with Gasteiger partial charge in [0.2, 0.25) is 5.91 Å². The predicted molar refractivity (Wildman–Crippen MR) is 73.9 cm³/mol. The monoisotopic (exact) mass is 264 g/mol. The van der Waals surface area contributed by atoms with E-state index in [-0.39, 0.29) is 18.1 Å². The number of hydrogen-bond donors (Lipinski definition) is 0. The summed E-state index contributed by atoms with van der Waals surface area (Å²) in [5.41, 5.74) is -0.0863. The Labute approximate surface area is 115 Å². The number of carbonyl (C=O) groups excluding carboxylic acids is 1. The normalized spacial score (nSPS) is 27.8. The van der Waals surface area contributed by atoms with E-state index in [2.05, 4.69) is 11.5 Å². The molecule has 1 spiro atoms. The molecule has 1 amide bonds. The zero-order chi connectivity index (χ0) is 13.3. The maximum atomic E-state index is 11.8. The third-order valence-corrected chi connectivity index (χ3v) is 4.66. The molecular formula is C15H24N2O2. The molecule has 3 fully saturated rings. The molecule has 1 aliphatic carbocycles. The molecule has 1 saturated carbocycles. The molecule has 0 N–H and O–H groups in total. The van der Waals surface area contributed by atoms with Gasteiger partial charge in [-0.15, -0.1) is 6.58 Å². The number of likely N-dealkylation sites (tertiary alicyclic amines) is 1. The van der Waals surface area contributed by atoms with Crippen LogP contribution in [0.3, 0.4) is 0 Å². The molecule has 19 heavy (non-hydrogen) atoms. The fourth-order valence-electron chi connectivity index (χ4n) is 3.22. The number of carbonyl (C=O) groups is 1. The average molecular weight is 264 g/mol. The van der Waals surface area contributed by atoms with Gasteiger partial charge in [-0.3, -0.25) is 4.79 Å². The highest BCUT2D eigenvalue weighted by Gasteiger charge is 2.42. The highest BCUT2D eigenvalue weighted by molar-refractivity contribution is 5.78. The van der Waals surface area contributed by atoms with Crippen molar-refractivity contribution in [3.05, 3.63) is 12.7 Å². The maximum absolute atomic E-state index is 11.8. The first kappa shape index (κ1) is 13.1. The van der Waals surface area contributed by atoms with Crippen molar-refractivity contribution in [1.82, 2.24) is 9.80 Å². The van der Waals surface area contributed by atoms with Crippen molar-refractivity contribution in [3.63, 3.8) is 0 Å². The van der Waals surface area contributed by atoms with Crippen molar-refractivity contribution in [3.8, 4) is 0 Å². The van der Waals surface area contributed by atoms with Gasteiger partial charge in [0.1, 0.15) is 6.61 Å². The lowest BCUT2D eigenvalue weighted by atomic mass is 9.89. The molecule has 0 aromatic rings. The Hall–Kier alpha value is -0.870. The van der Waals surface area contributed by atoms with Gasteiger partial charge in [-0.2, -0.15) is 0 Å². The van der Waals surface area contributed by atoms with Gasteiger partial charge in [0, 0.05) is 26.2 Å². The summed E-state index contributed by atoms with van der Waals surface area (Å²) in [6.07, 6.45) is 6.75. The molecule has 0 radical (unpaired) electrons. The van der Waals surface area contributed by atoms with Crippen LogP contribution in [0.1, 0.15) is 25.7 Å². The topological polar surface area (TPSA) is 32.8 Å². The largest absolute Gasteiger partial charge is 0.363 e. The van der Waals surface area contributed by atoms with Gasteiger partial charge < -0.3 is 14.5 Å². The van der Waals surface area contributed by atoms with Crippen molar-refractivity contribution in [2.24, 2.45) is 5.92 Å². The quantitative estimate of drug-likeness (QED) is 0.717. The van der Waals surface area contributed by atoms with Crippen molar-refractivity contribution in [2.75, 3.05) is 39.3 Å². The Morgan fingerprint density at radius 1 is 1.37 bits per heavy atom. The Balaban J connectivity index is 1.55. The Morgan fingerprint density at radius 3 is 2.74 bits per heavy atom. The second-order valence-corrected chi connectivity index (χ2v) is 6.28. The molecule has 2 saturated heterocycles. The van der Waals surface area contributed by atoms with E-state index in [0.29, 0.717) is 6.54 Å². The molecular weight excluding hydrogens is 240 g/mol. The Morgan fingerprint density at radius 2 is 2.11 bits per heavy atom. The number of nitrogens with zero attached hydrogens (tertiary/aromatic N) is 2. The zero-order valence-corrected chi connectivity index (χ0v) is 11.6. The van der Waals surface area contributed by atoms with Crippen LogP contribution >= 0.6 is 0 Å². The van der Waals surface area contributed by atoms with Crippen LogP contribution in [0.2, 0.25) is 0 Å². The van der Waals surface area contributed by atoms with Gasteiger partial charge in [-0.1, -0.05) is 6.08 Å². The third kappa shape index (κ3) is 3.00. The standard InChI is InChI=1S/C15H24N2O2/c1-2-7-17-12-15(19-11-14(17)18)5-8-16(9-6-15)10-13-3-4-13/h2,13H,1,3-12H2. The molecule has 4 nitrogen and oxygen atoms in total. The first-order valence-corrected chi connectivity index (χ1v) is 7.46. The second-order valence-electron chi connectivity index (χ2n) is 6.28. The van der Waals surface area contributed by atoms with Gasteiger partial charge in [-0.05, 0) is 31.6 Å². The second kappa shape index (κ2) is 5.25. The summed E-state index contributed by atoms with van der Waals surface area (Å²) in [7, 11) is 0. The van der Waals surface area contributed by atoms with Gasteiger partial charge >= 0.3 is 0 Å². The Bertz CT molecular complexity index is 357. The Kier molecular flexibility index (Phi) is 3.63. The van der Waals surface area contributed by atoms with Crippen molar-refractivity contribution < 1.29 is 9.53 Å². The fraction of sp³-hybridized carbons (Fsp3) is 0.800. The minimum Gasteiger partial charge on any atom is -0.363 e. The summed E-state index contributed by atoms with van der Waals surface area (Å²) in [5.74, 6) is 1.06. The summed E-state index contributed by atoms with van der Waals surface area (Å²) in [5, 5.41) is 0. The number of hydrogen-bond acceptors (Lipinski definition) is 3. The molecule has 3 aliphatic rings. The zero-order valence-electron chi connectivity index (χ0n) is 11.6. The van der Waals surface area contributed by atoms with E-state index >= 15 is 0 Å². The van der Waals surface area contributed by atoms with Crippen molar-refractivity contribution in [2.45, 2.75) is 31.3 Å². The maximum Gasteiger partial charge on any atom is 0.248 e. The summed E-state index contributed by atoms with van der Waals surface area (Å²) in [6.45, 7) is 8.88. The van der Waals surface area contributed by atoms with Crippen LogP contribution in [0, 0.1) is 5.92 Å². The van der Waals surface area contributed by atoms with Crippen LogP contribution in [-0.2, 0) is 9.53 Å². The van der Waals surface area contributed by atoms with E-state index in [1.807, 2.05) is 4.90 Å². The summed E-state index contributed by atoms with van der Waals surface area (Å²) >= 11 is 0. The number of ether oxygens (including phenoxy) is 1. The summed E-state index contributed by atoms with van der Waals surface area (Å²) in [4.78, 5) is 16.2. The predicted octanol–water partition coefficient (Wildman–Crippen LogP) is 1.28. The molecule has 0 aromatic heterocycles. The molecule has 0 bridgehead atoms. The van der Waals surface area contributed by atoms with Crippen LogP contribution in [0.25, 0.3) is 0 Å². The van der Waals surface area contributed by atoms with Gasteiger partial charge in [-0.25, -0.2) is 0 Å². The van der Waals surface area contributed by atoms with E-state index in [1.54, 1.807) is 6.08 Å². The summed E-state index contributed by atoms with van der Waals surface area (Å²) < 4.78 is 5.91. The molecule has 0 unspecified atom stereocenters. The number of rotatable bonds is 4. The molecule has 0 atom stereocenters. The van der Waals surface area contributed by atoms with E-state index in [1.165, 1.54) is 19.4 Å². The first-order chi connectivity index (χ1) is 9.21. The van der Waals surface area contributed by atoms with Crippen LogP contribution in [0.5, 0.6) is 0 Å². The summed E-state index contributed by atoms with van der Waals surface area (Å²) in [6, 6.07) is 0. The van der Waals surface area contributed by atoms with E-state index in [0.717, 1.165) is 38.4 Å². The van der Waals surface area contributed by atoms with Crippen LogP contribution in [-0.4, -0.2) is 60.6 Å². The smallest absolute Gasteiger partial charge is 0.248 e.